The third-order valence-electron chi connectivity index (χ3n) is 4.42. The number of aromatic nitrogens is 2. The van der Waals surface area contributed by atoms with Crippen molar-refractivity contribution in [3.8, 4) is 0 Å². The highest BCUT2D eigenvalue weighted by Gasteiger charge is 2.35. The van der Waals surface area contributed by atoms with Crippen LogP contribution in [-0.2, 0) is 25.7 Å². The molecule has 2 heterocycles. The van der Waals surface area contributed by atoms with Gasteiger partial charge in [0.15, 0.2) is 0 Å². The molecule has 3 rings (SSSR count). The van der Waals surface area contributed by atoms with Gasteiger partial charge in [0.05, 0.1) is 35.0 Å². The number of hydrogen-bond acceptors (Lipinski definition) is 8. The molecule has 1 aliphatic heterocycles. The van der Waals surface area contributed by atoms with E-state index in [1.54, 1.807) is 30.5 Å². The second-order valence-electron chi connectivity index (χ2n) is 6.36. The molecule has 1 atom stereocenters. The number of allylic oxidation sites excluding steroid dienone is 1. The molecule has 10 heteroatoms. The molecule has 0 fully saturated rings. The summed E-state index contributed by atoms with van der Waals surface area (Å²) in [5.41, 5.74) is 1.74. The van der Waals surface area contributed by atoms with Crippen LogP contribution in [-0.4, -0.2) is 33.0 Å². The molecule has 1 unspecified atom stereocenters. The van der Waals surface area contributed by atoms with Gasteiger partial charge in [0, 0.05) is 24.8 Å². The zero-order valence-corrected chi connectivity index (χ0v) is 16.2. The second kappa shape index (κ2) is 8.13. The SMILES string of the molecule is CCOC(=O)C1=C(C)Nc2ncc(COC(C)=O)n2C1c1cccc([N+](=O)[O-])c1. The summed E-state index contributed by atoms with van der Waals surface area (Å²) in [7, 11) is 0. The summed E-state index contributed by atoms with van der Waals surface area (Å²) in [6.45, 7) is 4.80. The van der Waals surface area contributed by atoms with Crippen LogP contribution in [0.15, 0.2) is 41.7 Å². The number of non-ortho nitro benzene ring substituents is 1. The average molecular weight is 400 g/mol. The van der Waals surface area contributed by atoms with Gasteiger partial charge in [-0.25, -0.2) is 9.78 Å². The third-order valence-corrected chi connectivity index (χ3v) is 4.42. The van der Waals surface area contributed by atoms with Gasteiger partial charge in [0.25, 0.3) is 5.69 Å². The van der Waals surface area contributed by atoms with Crippen LogP contribution in [0, 0.1) is 10.1 Å². The maximum Gasteiger partial charge on any atom is 0.338 e. The van der Waals surface area contributed by atoms with E-state index in [1.807, 2.05) is 0 Å². The molecule has 0 aliphatic carbocycles. The molecule has 1 N–H and O–H groups in total. The Labute approximate surface area is 166 Å². The highest BCUT2D eigenvalue weighted by atomic mass is 16.6. The molecule has 0 saturated heterocycles. The molecule has 152 valence electrons. The van der Waals surface area contributed by atoms with Crippen molar-refractivity contribution in [1.82, 2.24) is 9.55 Å². The van der Waals surface area contributed by atoms with Crippen LogP contribution in [0.2, 0.25) is 0 Å². The van der Waals surface area contributed by atoms with E-state index in [1.165, 1.54) is 25.3 Å². The smallest absolute Gasteiger partial charge is 0.338 e. The van der Waals surface area contributed by atoms with E-state index >= 15 is 0 Å². The normalized spacial score (nSPS) is 15.3. The number of benzene rings is 1. The highest BCUT2D eigenvalue weighted by molar-refractivity contribution is 5.92. The third kappa shape index (κ3) is 3.96. The Hall–Kier alpha value is -3.69. The van der Waals surface area contributed by atoms with Crippen molar-refractivity contribution in [2.45, 2.75) is 33.4 Å². The summed E-state index contributed by atoms with van der Waals surface area (Å²) < 4.78 is 12.0. The van der Waals surface area contributed by atoms with Gasteiger partial charge in [-0.3, -0.25) is 19.5 Å². The molecular weight excluding hydrogens is 380 g/mol. The summed E-state index contributed by atoms with van der Waals surface area (Å²) in [4.78, 5) is 39.1. The van der Waals surface area contributed by atoms with E-state index in [4.69, 9.17) is 9.47 Å². The Morgan fingerprint density at radius 1 is 1.34 bits per heavy atom. The fourth-order valence-corrected chi connectivity index (χ4v) is 3.23. The lowest BCUT2D eigenvalue weighted by Crippen LogP contribution is -2.30. The maximum absolute atomic E-state index is 12.7. The molecule has 0 saturated carbocycles. The van der Waals surface area contributed by atoms with Crippen molar-refractivity contribution >= 4 is 23.6 Å². The van der Waals surface area contributed by atoms with E-state index in [0.717, 1.165) is 0 Å². The largest absolute Gasteiger partial charge is 0.463 e. The number of fused-ring (bicyclic) bond motifs is 1. The quantitative estimate of drug-likeness (QED) is 0.446. The summed E-state index contributed by atoms with van der Waals surface area (Å²) in [6, 6.07) is 5.28. The minimum Gasteiger partial charge on any atom is -0.463 e. The van der Waals surface area contributed by atoms with E-state index in [9.17, 15) is 19.7 Å². The van der Waals surface area contributed by atoms with Crippen LogP contribution >= 0.6 is 0 Å². The van der Waals surface area contributed by atoms with Crippen molar-refractivity contribution in [2.75, 3.05) is 11.9 Å². The van der Waals surface area contributed by atoms with Crippen LogP contribution < -0.4 is 5.32 Å². The fourth-order valence-electron chi connectivity index (χ4n) is 3.23. The number of ether oxygens (including phenoxy) is 2. The Bertz CT molecular complexity index is 1010. The van der Waals surface area contributed by atoms with E-state index < -0.39 is 22.9 Å². The Morgan fingerprint density at radius 2 is 2.10 bits per heavy atom. The first-order valence-corrected chi connectivity index (χ1v) is 8.92. The maximum atomic E-state index is 12.7. The van der Waals surface area contributed by atoms with E-state index in [0.29, 0.717) is 28.5 Å². The molecule has 10 nitrogen and oxygen atoms in total. The number of hydrogen-bond donors (Lipinski definition) is 1. The number of rotatable bonds is 6. The number of nitro groups is 1. The lowest BCUT2D eigenvalue weighted by atomic mass is 9.94. The van der Waals surface area contributed by atoms with E-state index in [2.05, 4.69) is 10.3 Å². The van der Waals surface area contributed by atoms with Crippen LogP contribution in [0.3, 0.4) is 0 Å². The summed E-state index contributed by atoms with van der Waals surface area (Å²) in [6.07, 6.45) is 1.52. The summed E-state index contributed by atoms with van der Waals surface area (Å²) in [5.74, 6) is -0.588. The number of imidazole rings is 1. The van der Waals surface area contributed by atoms with Crippen LogP contribution in [0.4, 0.5) is 11.6 Å². The van der Waals surface area contributed by atoms with E-state index in [-0.39, 0.29) is 18.9 Å². The lowest BCUT2D eigenvalue weighted by molar-refractivity contribution is -0.384. The van der Waals surface area contributed by atoms with Gasteiger partial charge in [-0.2, -0.15) is 0 Å². The molecule has 1 aromatic carbocycles. The van der Waals surface area contributed by atoms with Crippen molar-refractivity contribution in [2.24, 2.45) is 0 Å². The van der Waals surface area contributed by atoms with Crippen molar-refractivity contribution in [3.05, 3.63) is 63.1 Å². The summed E-state index contributed by atoms with van der Waals surface area (Å²) >= 11 is 0. The van der Waals surface area contributed by atoms with Gasteiger partial charge in [0.1, 0.15) is 6.61 Å². The zero-order chi connectivity index (χ0) is 21.1. The van der Waals surface area contributed by atoms with Gasteiger partial charge < -0.3 is 14.8 Å². The van der Waals surface area contributed by atoms with Gasteiger partial charge in [-0.05, 0) is 19.4 Å². The number of nitrogens with zero attached hydrogens (tertiary/aromatic N) is 3. The van der Waals surface area contributed by atoms with Crippen LogP contribution in [0.5, 0.6) is 0 Å². The van der Waals surface area contributed by atoms with Gasteiger partial charge in [-0.1, -0.05) is 12.1 Å². The molecule has 1 aliphatic rings. The molecular formula is C19H20N4O6. The number of nitro benzene ring substituents is 1. The van der Waals surface area contributed by atoms with Crippen LogP contribution in [0.25, 0.3) is 0 Å². The molecule has 0 bridgehead atoms. The number of carbonyl (C=O) groups excluding carboxylic acids is 2. The van der Waals surface area contributed by atoms with Gasteiger partial charge in [-0.15, -0.1) is 0 Å². The number of anilines is 1. The first-order chi connectivity index (χ1) is 13.8. The topological polar surface area (TPSA) is 126 Å². The molecule has 1 aromatic heterocycles. The number of esters is 2. The Morgan fingerprint density at radius 3 is 2.76 bits per heavy atom. The lowest BCUT2D eigenvalue weighted by Gasteiger charge is -2.30. The highest BCUT2D eigenvalue weighted by Crippen LogP contribution is 2.38. The van der Waals surface area contributed by atoms with Gasteiger partial charge >= 0.3 is 11.9 Å². The molecule has 0 spiro atoms. The van der Waals surface area contributed by atoms with Crippen molar-refractivity contribution < 1.29 is 24.0 Å². The first-order valence-electron chi connectivity index (χ1n) is 8.92. The summed E-state index contributed by atoms with van der Waals surface area (Å²) in [5, 5.41) is 14.3. The number of carbonyl (C=O) groups is 2. The van der Waals surface area contributed by atoms with Crippen molar-refractivity contribution in [3.63, 3.8) is 0 Å². The average Bonchev–Trinajstić information content (AvgIpc) is 3.07. The second-order valence-corrected chi connectivity index (χ2v) is 6.36. The minimum atomic E-state index is -0.738. The molecule has 0 radical (unpaired) electrons. The zero-order valence-electron chi connectivity index (χ0n) is 16.2. The Kier molecular flexibility index (Phi) is 5.62. The molecule has 29 heavy (non-hydrogen) atoms. The fraction of sp³-hybridized carbons (Fsp3) is 0.316. The molecule has 0 amide bonds. The predicted molar refractivity (Wildman–Crippen MR) is 102 cm³/mol. The van der Waals surface area contributed by atoms with Crippen molar-refractivity contribution in [1.29, 1.82) is 0 Å². The van der Waals surface area contributed by atoms with Gasteiger partial charge in [0.2, 0.25) is 5.95 Å². The predicted octanol–water partition coefficient (Wildman–Crippen LogP) is 2.71. The molecule has 2 aromatic rings. The van der Waals surface area contributed by atoms with Crippen LogP contribution in [0.1, 0.15) is 38.1 Å². The number of nitrogens with one attached hydrogen (secondary N) is 1. The first kappa shape index (κ1) is 20.1. The minimum absolute atomic E-state index is 0.0649. The Balaban J connectivity index is 2.18. The monoisotopic (exact) mass is 400 g/mol. The standard InChI is InChI=1S/C19H20N4O6/c1-4-28-18(25)16-11(2)21-19-20-9-15(10-29-12(3)24)22(19)17(16)13-6-5-7-14(8-13)23(26)27/h5-9,17H,4,10H2,1-3H3,(H,20,21).